The van der Waals surface area contributed by atoms with Crippen molar-refractivity contribution in [3.8, 4) is 12.1 Å². The SMILES string of the molecule is N#Cc1cc(CNc2ccc(Br)cc2C#N)ccn1. The normalized spacial score (nSPS) is 9.42. The van der Waals surface area contributed by atoms with Gasteiger partial charge in [-0.05, 0) is 35.9 Å². The molecule has 0 spiro atoms. The van der Waals surface area contributed by atoms with Crippen LogP contribution in [-0.4, -0.2) is 4.98 Å². The van der Waals surface area contributed by atoms with Crippen LogP contribution in [0, 0.1) is 22.7 Å². The molecule has 0 unspecified atom stereocenters. The number of benzene rings is 1. The maximum absolute atomic E-state index is 9.06. The van der Waals surface area contributed by atoms with Crippen molar-refractivity contribution in [1.29, 1.82) is 10.5 Å². The van der Waals surface area contributed by atoms with Crippen LogP contribution >= 0.6 is 15.9 Å². The highest BCUT2D eigenvalue weighted by molar-refractivity contribution is 9.10. The molecule has 4 nitrogen and oxygen atoms in total. The second kappa shape index (κ2) is 5.99. The highest BCUT2D eigenvalue weighted by Gasteiger charge is 2.03. The van der Waals surface area contributed by atoms with Gasteiger partial charge in [0, 0.05) is 17.2 Å². The van der Waals surface area contributed by atoms with Gasteiger partial charge in [0.05, 0.1) is 11.3 Å². The smallest absolute Gasteiger partial charge is 0.140 e. The second-order valence-corrected chi connectivity index (χ2v) is 4.73. The van der Waals surface area contributed by atoms with E-state index in [2.05, 4.69) is 32.3 Å². The van der Waals surface area contributed by atoms with Gasteiger partial charge in [0.25, 0.3) is 0 Å². The summed E-state index contributed by atoms with van der Waals surface area (Å²) in [5.74, 6) is 0. The minimum atomic E-state index is 0.385. The van der Waals surface area contributed by atoms with E-state index in [-0.39, 0.29) is 0 Å². The van der Waals surface area contributed by atoms with Gasteiger partial charge in [0.15, 0.2) is 0 Å². The first-order valence-electron chi connectivity index (χ1n) is 5.51. The number of pyridine rings is 1. The molecule has 0 aliphatic heterocycles. The van der Waals surface area contributed by atoms with Crippen LogP contribution in [0.15, 0.2) is 41.0 Å². The quantitative estimate of drug-likeness (QED) is 0.944. The Hall–Kier alpha value is -2.37. The molecule has 19 heavy (non-hydrogen) atoms. The zero-order valence-corrected chi connectivity index (χ0v) is 11.5. The average molecular weight is 313 g/mol. The molecule has 1 heterocycles. The fourth-order valence-corrected chi connectivity index (χ4v) is 1.97. The number of nitrogens with zero attached hydrogens (tertiary/aromatic N) is 3. The van der Waals surface area contributed by atoms with Crippen LogP contribution in [0.1, 0.15) is 16.8 Å². The lowest BCUT2D eigenvalue weighted by atomic mass is 10.2. The number of nitrogens with one attached hydrogen (secondary N) is 1. The average Bonchev–Trinajstić information content (AvgIpc) is 2.46. The first-order valence-corrected chi connectivity index (χ1v) is 6.31. The van der Waals surface area contributed by atoms with Gasteiger partial charge in [0.2, 0.25) is 0 Å². The van der Waals surface area contributed by atoms with E-state index in [0.29, 0.717) is 17.8 Å². The van der Waals surface area contributed by atoms with E-state index in [1.807, 2.05) is 24.3 Å². The summed E-state index contributed by atoms with van der Waals surface area (Å²) in [4.78, 5) is 3.91. The zero-order chi connectivity index (χ0) is 13.7. The number of nitriles is 2. The third kappa shape index (κ3) is 3.31. The highest BCUT2D eigenvalue weighted by Crippen LogP contribution is 2.20. The van der Waals surface area contributed by atoms with E-state index in [0.717, 1.165) is 15.7 Å². The Balaban J connectivity index is 2.15. The Bertz CT molecular complexity index is 683. The van der Waals surface area contributed by atoms with Crippen molar-refractivity contribution in [2.24, 2.45) is 0 Å². The van der Waals surface area contributed by atoms with Crippen molar-refractivity contribution in [2.45, 2.75) is 6.54 Å². The van der Waals surface area contributed by atoms with Gasteiger partial charge in [-0.1, -0.05) is 15.9 Å². The maximum atomic E-state index is 9.06. The summed E-state index contributed by atoms with van der Waals surface area (Å²) in [6, 6.07) is 13.2. The first-order chi connectivity index (χ1) is 9.22. The van der Waals surface area contributed by atoms with E-state index >= 15 is 0 Å². The molecule has 0 saturated carbocycles. The molecule has 0 amide bonds. The molecule has 0 fully saturated rings. The van der Waals surface area contributed by atoms with Crippen LogP contribution in [0.4, 0.5) is 5.69 Å². The van der Waals surface area contributed by atoms with Crippen LogP contribution in [0.5, 0.6) is 0 Å². The predicted molar refractivity (Wildman–Crippen MR) is 75.1 cm³/mol. The summed E-state index contributed by atoms with van der Waals surface area (Å²) in [5.41, 5.74) is 2.67. The van der Waals surface area contributed by atoms with Crippen molar-refractivity contribution < 1.29 is 0 Å². The lowest BCUT2D eigenvalue weighted by Crippen LogP contribution is -2.02. The third-order valence-corrected chi connectivity index (χ3v) is 3.02. The van der Waals surface area contributed by atoms with Crippen molar-refractivity contribution in [2.75, 3.05) is 5.32 Å². The molecule has 0 saturated heterocycles. The van der Waals surface area contributed by atoms with Crippen molar-refractivity contribution in [3.05, 3.63) is 57.8 Å². The highest BCUT2D eigenvalue weighted by atomic mass is 79.9. The summed E-state index contributed by atoms with van der Waals surface area (Å²) < 4.78 is 0.866. The van der Waals surface area contributed by atoms with E-state index in [1.54, 1.807) is 18.3 Å². The molecular weight excluding hydrogens is 304 g/mol. The van der Waals surface area contributed by atoms with Gasteiger partial charge in [0.1, 0.15) is 17.8 Å². The largest absolute Gasteiger partial charge is 0.380 e. The topological polar surface area (TPSA) is 72.5 Å². The van der Waals surface area contributed by atoms with Crippen molar-refractivity contribution >= 4 is 21.6 Å². The Morgan fingerprint density at radius 3 is 2.74 bits per heavy atom. The van der Waals surface area contributed by atoms with Crippen molar-refractivity contribution in [3.63, 3.8) is 0 Å². The Morgan fingerprint density at radius 2 is 2.00 bits per heavy atom. The molecule has 0 atom stereocenters. The summed E-state index contributed by atoms with van der Waals surface area (Å²) in [7, 11) is 0. The number of anilines is 1. The molecule has 92 valence electrons. The Kier molecular flexibility index (Phi) is 4.12. The van der Waals surface area contributed by atoms with E-state index in [4.69, 9.17) is 10.5 Å². The summed E-state index contributed by atoms with van der Waals surface area (Å²) in [6.45, 7) is 0.535. The molecular formula is C14H9BrN4. The molecule has 0 radical (unpaired) electrons. The number of halogens is 1. The molecule has 2 rings (SSSR count). The standard InChI is InChI=1S/C14H9BrN4/c15-12-1-2-14(11(6-12)7-16)19-9-10-3-4-18-13(5-10)8-17/h1-6,19H,9H2. The summed E-state index contributed by atoms with van der Waals surface area (Å²) >= 11 is 3.33. The molecule has 1 N–H and O–H groups in total. The van der Waals surface area contributed by atoms with Gasteiger partial charge in [-0.3, -0.25) is 0 Å². The molecule has 1 aromatic carbocycles. The first kappa shape index (κ1) is 13.1. The lowest BCUT2D eigenvalue weighted by molar-refractivity contribution is 1.11. The minimum absolute atomic E-state index is 0.385. The third-order valence-electron chi connectivity index (χ3n) is 2.52. The fourth-order valence-electron chi connectivity index (χ4n) is 1.61. The summed E-state index contributed by atoms with van der Waals surface area (Å²) in [5, 5.41) is 21.0. The van der Waals surface area contributed by atoms with Crippen LogP contribution in [0.2, 0.25) is 0 Å². The van der Waals surface area contributed by atoms with Crippen molar-refractivity contribution in [1.82, 2.24) is 4.98 Å². The molecule has 5 heteroatoms. The zero-order valence-electron chi connectivity index (χ0n) is 9.89. The van der Waals surface area contributed by atoms with Crippen LogP contribution in [0.3, 0.4) is 0 Å². The summed E-state index contributed by atoms with van der Waals surface area (Å²) in [6.07, 6.45) is 1.60. The number of hydrogen-bond acceptors (Lipinski definition) is 4. The van der Waals surface area contributed by atoms with E-state index in [1.165, 1.54) is 0 Å². The fraction of sp³-hybridized carbons (Fsp3) is 0.0714. The van der Waals surface area contributed by atoms with Gasteiger partial charge in [-0.2, -0.15) is 10.5 Å². The number of hydrogen-bond donors (Lipinski definition) is 1. The molecule has 0 bridgehead atoms. The molecule has 2 aromatic rings. The van der Waals surface area contributed by atoms with Gasteiger partial charge >= 0.3 is 0 Å². The van der Waals surface area contributed by atoms with Crippen LogP contribution in [-0.2, 0) is 6.54 Å². The monoisotopic (exact) mass is 312 g/mol. The number of rotatable bonds is 3. The molecule has 1 aromatic heterocycles. The second-order valence-electron chi connectivity index (χ2n) is 3.82. The van der Waals surface area contributed by atoms with Gasteiger partial charge in [-0.15, -0.1) is 0 Å². The molecule has 0 aliphatic carbocycles. The van der Waals surface area contributed by atoms with Gasteiger partial charge < -0.3 is 5.32 Å². The predicted octanol–water partition coefficient (Wildman–Crippen LogP) is 3.20. The molecule has 0 aliphatic rings. The van der Waals surface area contributed by atoms with Crippen LogP contribution < -0.4 is 5.32 Å². The van der Waals surface area contributed by atoms with Gasteiger partial charge in [-0.25, -0.2) is 4.98 Å². The lowest BCUT2D eigenvalue weighted by Gasteiger charge is -2.08. The Labute approximate surface area is 119 Å². The van der Waals surface area contributed by atoms with E-state index < -0.39 is 0 Å². The van der Waals surface area contributed by atoms with Crippen LogP contribution in [0.25, 0.3) is 0 Å². The number of aromatic nitrogens is 1. The minimum Gasteiger partial charge on any atom is -0.380 e. The van der Waals surface area contributed by atoms with E-state index in [9.17, 15) is 0 Å². The maximum Gasteiger partial charge on any atom is 0.140 e. The Morgan fingerprint density at radius 1 is 1.16 bits per heavy atom.